The van der Waals surface area contributed by atoms with Gasteiger partial charge >= 0.3 is 0 Å². The zero-order valence-electron chi connectivity index (χ0n) is 15.0. The van der Waals surface area contributed by atoms with Crippen LogP contribution in [0.3, 0.4) is 0 Å². The molecule has 1 aliphatic heterocycles. The van der Waals surface area contributed by atoms with Gasteiger partial charge in [-0.3, -0.25) is 0 Å². The molecule has 0 aliphatic carbocycles. The van der Waals surface area contributed by atoms with Crippen LogP contribution in [-0.2, 0) is 4.74 Å². The number of thiazole rings is 1. The molecular weight excluding hydrogens is 352 g/mol. The zero-order valence-corrected chi connectivity index (χ0v) is 15.9. The van der Waals surface area contributed by atoms with Crippen molar-refractivity contribution < 1.29 is 19.5 Å². The van der Waals surface area contributed by atoms with Gasteiger partial charge in [0.15, 0.2) is 6.04 Å². The first-order valence-corrected chi connectivity index (χ1v) is 9.54. The van der Waals surface area contributed by atoms with E-state index < -0.39 is 0 Å². The second kappa shape index (κ2) is 6.86. The largest absolute Gasteiger partial charge is 0.497 e. The predicted molar refractivity (Wildman–Crippen MR) is 98.1 cm³/mol. The van der Waals surface area contributed by atoms with Gasteiger partial charge in [0.1, 0.15) is 42.3 Å². The van der Waals surface area contributed by atoms with Crippen LogP contribution >= 0.6 is 11.3 Å². The Kier molecular flexibility index (Phi) is 4.56. The topological polar surface area (TPSA) is 73.3 Å². The predicted octanol–water partition coefficient (Wildman–Crippen LogP) is 1.29. The Morgan fingerprint density at radius 1 is 1.35 bits per heavy atom. The van der Waals surface area contributed by atoms with Crippen LogP contribution in [-0.4, -0.2) is 52.1 Å². The van der Waals surface area contributed by atoms with Crippen molar-refractivity contribution in [3.63, 3.8) is 0 Å². The second-order valence-corrected chi connectivity index (χ2v) is 7.79. The van der Waals surface area contributed by atoms with E-state index in [0.29, 0.717) is 4.96 Å². The number of nitrogens with zero attached hydrogens (tertiary/aromatic N) is 3. The van der Waals surface area contributed by atoms with Gasteiger partial charge in [-0.2, -0.15) is 9.61 Å². The SMILES string of the molecule is COc1cccc([C@@H](c2sc3ncnn3c2O)[NH+]2C[C@@H](C)O[C@H](C)C2)c1. The van der Waals surface area contributed by atoms with Crippen LogP contribution in [0, 0.1) is 0 Å². The number of hydrogen-bond donors (Lipinski definition) is 2. The molecule has 1 fully saturated rings. The van der Waals surface area contributed by atoms with E-state index in [1.54, 1.807) is 7.11 Å². The molecule has 0 spiro atoms. The molecule has 1 aromatic carbocycles. The highest BCUT2D eigenvalue weighted by Crippen LogP contribution is 2.35. The van der Waals surface area contributed by atoms with Crippen molar-refractivity contribution in [1.82, 2.24) is 14.6 Å². The molecule has 7 nitrogen and oxygen atoms in total. The summed E-state index contributed by atoms with van der Waals surface area (Å²) >= 11 is 1.48. The Morgan fingerprint density at radius 2 is 2.12 bits per heavy atom. The smallest absolute Gasteiger partial charge is 0.235 e. The van der Waals surface area contributed by atoms with Gasteiger partial charge in [0.25, 0.3) is 0 Å². The van der Waals surface area contributed by atoms with Gasteiger partial charge in [0.2, 0.25) is 10.8 Å². The van der Waals surface area contributed by atoms with E-state index in [1.807, 2.05) is 18.2 Å². The van der Waals surface area contributed by atoms with Crippen LogP contribution in [0.25, 0.3) is 4.96 Å². The standard InChI is InChI=1S/C18H22N4O3S/c1-11-8-21(9-12(2)25-11)15(13-5-4-6-14(7-13)24-3)16-17(23)22-18(26-16)19-10-20-22/h4-7,10-12,15,23H,8-9H2,1-3H3/p+1/t11-,12-,15+/m1/s1. The van der Waals surface area contributed by atoms with Gasteiger partial charge in [-0.1, -0.05) is 23.5 Å². The first-order valence-electron chi connectivity index (χ1n) is 8.72. The van der Waals surface area contributed by atoms with Crippen molar-refractivity contribution in [2.24, 2.45) is 0 Å². The summed E-state index contributed by atoms with van der Waals surface area (Å²) in [5, 5.41) is 14.9. The number of aromatic hydroxyl groups is 1. The third-order valence-electron chi connectivity index (χ3n) is 4.80. The molecule has 0 amide bonds. The number of rotatable bonds is 4. The lowest BCUT2D eigenvalue weighted by Gasteiger charge is -2.37. The third kappa shape index (κ3) is 3.04. The maximum atomic E-state index is 10.8. The fourth-order valence-corrected chi connectivity index (χ4v) is 4.94. The van der Waals surface area contributed by atoms with Crippen LogP contribution < -0.4 is 9.64 Å². The minimum absolute atomic E-state index is 0.0348. The van der Waals surface area contributed by atoms with Crippen molar-refractivity contribution in [2.75, 3.05) is 20.2 Å². The quantitative estimate of drug-likeness (QED) is 0.719. The fraction of sp³-hybridized carbons (Fsp3) is 0.444. The molecule has 0 radical (unpaired) electrons. The Balaban J connectivity index is 1.83. The first-order chi connectivity index (χ1) is 12.6. The number of fused-ring (bicyclic) bond motifs is 1. The molecule has 3 aromatic rings. The van der Waals surface area contributed by atoms with Gasteiger partial charge in [-0.15, -0.1) is 0 Å². The minimum atomic E-state index is -0.0348. The number of ether oxygens (including phenoxy) is 2. The lowest BCUT2D eigenvalue weighted by molar-refractivity contribution is -0.939. The van der Waals surface area contributed by atoms with Crippen molar-refractivity contribution in [1.29, 1.82) is 0 Å². The Morgan fingerprint density at radius 3 is 2.81 bits per heavy atom. The van der Waals surface area contributed by atoms with Gasteiger partial charge in [-0.25, -0.2) is 4.98 Å². The molecule has 2 N–H and O–H groups in total. The number of morpholine rings is 1. The lowest BCUT2D eigenvalue weighted by Crippen LogP contribution is -3.15. The molecule has 2 aromatic heterocycles. The molecule has 0 bridgehead atoms. The number of nitrogens with one attached hydrogen (secondary N) is 1. The first kappa shape index (κ1) is 17.3. The molecule has 1 saturated heterocycles. The number of hydrogen-bond acceptors (Lipinski definition) is 6. The minimum Gasteiger partial charge on any atom is -0.497 e. The molecule has 0 saturated carbocycles. The highest BCUT2D eigenvalue weighted by Gasteiger charge is 2.37. The Labute approximate surface area is 155 Å². The molecule has 26 heavy (non-hydrogen) atoms. The van der Waals surface area contributed by atoms with Gasteiger partial charge in [0.05, 0.1) is 7.11 Å². The van der Waals surface area contributed by atoms with Gasteiger partial charge in [-0.05, 0) is 26.0 Å². The average molecular weight is 375 g/mol. The summed E-state index contributed by atoms with van der Waals surface area (Å²) < 4.78 is 12.8. The van der Waals surface area contributed by atoms with Crippen LogP contribution in [0.15, 0.2) is 30.6 Å². The van der Waals surface area contributed by atoms with Crippen molar-refractivity contribution in [2.45, 2.75) is 32.1 Å². The molecule has 4 rings (SSSR count). The van der Waals surface area contributed by atoms with E-state index in [0.717, 1.165) is 29.3 Å². The number of benzene rings is 1. The summed E-state index contributed by atoms with van der Waals surface area (Å²) in [6.45, 7) is 5.92. The highest BCUT2D eigenvalue weighted by atomic mass is 32.1. The summed E-state index contributed by atoms with van der Waals surface area (Å²) in [5.41, 5.74) is 1.10. The summed E-state index contributed by atoms with van der Waals surface area (Å²) in [5.74, 6) is 0.967. The molecule has 3 atom stereocenters. The van der Waals surface area contributed by atoms with Crippen LogP contribution in [0.1, 0.15) is 30.3 Å². The van der Waals surface area contributed by atoms with Crippen LogP contribution in [0.4, 0.5) is 0 Å². The van der Waals surface area contributed by atoms with Crippen LogP contribution in [0.5, 0.6) is 11.6 Å². The fourth-order valence-electron chi connectivity index (χ4n) is 3.83. The molecule has 138 valence electrons. The maximum Gasteiger partial charge on any atom is 0.235 e. The van der Waals surface area contributed by atoms with E-state index in [4.69, 9.17) is 9.47 Å². The summed E-state index contributed by atoms with van der Waals surface area (Å²) in [4.78, 5) is 7.15. The van der Waals surface area contributed by atoms with E-state index in [2.05, 4.69) is 30.0 Å². The summed E-state index contributed by atoms with van der Waals surface area (Å²) in [7, 11) is 1.67. The van der Waals surface area contributed by atoms with Crippen molar-refractivity contribution in [3.8, 4) is 11.6 Å². The second-order valence-electron chi connectivity index (χ2n) is 6.78. The molecule has 1 aliphatic rings. The average Bonchev–Trinajstić information content (AvgIpc) is 3.19. The zero-order chi connectivity index (χ0) is 18.3. The highest BCUT2D eigenvalue weighted by molar-refractivity contribution is 7.17. The molecular formula is C18H23N4O3S+. The van der Waals surface area contributed by atoms with Crippen LogP contribution in [0.2, 0.25) is 0 Å². The molecule has 3 heterocycles. The van der Waals surface area contributed by atoms with Crippen molar-refractivity contribution in [3.05, 3.63) is 41.0 Å². The lowest BCUT2D eigenvalue weighted by atomic mass is 10.0. The molecule has 0 unspecified atom stereocenters. The number of aromatic nitrogens is 3. The van der Waals surface area contributed by atoms with Gasteiger partial charge < -0.3 is 19.5 Å². The van der Waals surface area contributed by atoms with Gasteiger partial charge in [0, 0.05) is 5.56 Å². The summed E-state index contributed by atoms with van der Waals surface area (Å²) in [6, 6.07) is 8.01. The third-order valence-corrected chi connectivity index (χ3v) is 5.90. The van der Waals surface area contributed by atoms with E-state index >= 15 is 0 Å². The normalized spacial score (nSPS) is 24.7. The molecule has 8 heteroatoms. The number of quaternary nitrogens is 1. The van der Waals surface area contributed by atoms with E-state index in [9.17, 15) is 5.11 Å². The Hall–Kier alpha value is -2.16. The number of methoxy groups -OCH3 is 1. The Bertz CT molecular complexity index is 899. The maximum absolute atomic E-state index is 10.8. The van der Waals surface area contributed by atoms with Crippen molar-refractivity contribution >= 4 is 16.3 Å². The monoisotopic (exact) mass is 375 g/mol. The van der Waals surface area contributed by atoms with E-state index in [-0.39, 0.29) is 24.1 Å². The summed E-state index contributed by atoms with van der Waals surface area (Å²) in [6.07, 6.45) is 1.78. The van der Waals surface area contributed by atoms with E-state index in [1.165, 1.54) is 27.1 Å².